The van der Waals surface area contributed by atoms with Crippen molar-refractivity contribution in [2.75, 3.05) is 0 Å². The molecule has 1 unspecified atom stereocenters. The molecule has 0 bridgehead atoms. The quantitative estimate of drug-likeness (QED) is 0.685. The summed E-state index contributed by atoms with van der Waals surface area (Å²) in [6, 6.07) is 8.86. The molecular formula is C20H27N. The third kappa shape index (κ3) is 5.57. The first kappa shape index (κ1) is 17.2. The number of rotatable bonds is 7. The lowest BCUT2D eigenvalue weighted by Crippen LogP contribution is -2.26. The zero-order chi connectivity index (χ0) is 15.8. The van der Waals surface area contributed by atoms with Crippen molar-refractivity contribution >= 4 is 0 Å². The Morgan fingerprint density at radius 3 is 2.24 bits per heavy atom. The SMILES string of the molecule is C=CC(/C=C(\C=C)C(C)NCc1ccc(C)cc1)=C(C)C. The third-order valence-corrected chi connectivity index (χ3v) is 3.59. The number of benzene rings is 1. The summed E-state index contributed by atoms with van der Waals surface area (Å²) >= 11 is 0. The summed E-state index contributed by atoms with van der Waals surface area (Å²) in [5.74, 6) is 0. The first-order valence-corrected chi connectivity index (χ1v) is 7.40. The van der Waals surface area contributed by atoms with E-state index in [0.29, 0.717) is 0 Å². The second-order valence-corrected chi connectivity index (χ2v) is 5.60. The summed E-state index contributed by atoms with van der Waals surface area (Å²) in [6.45, 7) is 17.1. The lowest BCUT2D eigenvalue weighted by molar-refractivity contribution is 0.617. The Balaban J connectivity index is 2.76. The van der Waals surface area contributed by atoms with E-state index in [4.69, 9.17) is 0 Å². The topological polar surface area (TPSA) is 12.0 Å². The van der Waals surface area contributed by atoms with Crippen LogP contribution in [0, 0.1) is 6.92 Å². The first-order chi connectivity index (χ1) is 9.97. The smallest absolute Gasteiger partial charge is 0.0294 e. The largest absolute Gasteiger partial charge is 0.306 e. The minimum Gasteiger partial charge on any atom is -0.306 e. The predicted molar refractivity (Wildman–Crippen MR) is 94.3 cm³/mol. The molecule has 1 nitrogen and oxygen atoms in total. The number of hydrogen-bond acceptors (Lipinski definition) is 1. The molecule has 1 N–H and O–H groups in total. The molecule has 112 valence electrons. The highest BCUT2D eigenvalue weighted by Crippen LogP contribution is 2.13. The van der Waals surface area contributed by atoms with E-state index in [1.165, 1.54) is 22.3 Å². The zero-order valence-electron chi connectivity index (χ0n) is 13.7. The Labute approximate surface area is 129 Å². The average molecular weight is 281 g/mol. The van der Waals surface area contributed by atoms with Crippen LogP contribution in [0.3, 0.4) is 0 Å². The van der Waals surface area contributed by atoms with Crippen LogP contribution in [0.15, 0.2) is 72.4 Å². The summed E-state index contributed by atoms with van der Waals surface area (Å²) in [7, 11) is 0. The summed E-state index contributed by atoms with van der Waals surface area (Å²) in [4.78, 5) is 0. The molecule has 0 spiro atoms. The van der Waals surface area contributed by atoms with Crippen LogP contribution in [0.5, 0.6) is 0 Å². The van der Waals surface area contributed by atoms with Crippen molar-refractivity contribution in [3.63, 3.8) is 0 Å². The second-order valence-electron chi connectivity index (χ2n) is 5.60. The maximum Gasteiger partial charge on any atom is 0.0294 e. The number of nitrogens with one attached hydrogen (secondary N) is 1. The molecule has 0 radical (unpaired) electrons. The van der Waals surface area contributed by atoms with Crippen LogP contribution in [0.1, 0.15) is 31.9 Å². The van der Waals surface area contributed by atoms with Gasteiger partial charge in [-0.15, -0.1) is 0 Å². The molecule has 0 heterocycles. The van der Waals surface area contributed by atoms with Crippen LogP contribution < -0.4 is 5.32 Å². The van der Waals surface area contributed by atoms with Crippen molar-refractivity contribution in [1.82, 2.24) is 5.32 Å². The maximum atomic E-state index is 3.93. The van der Waals surface area contributed by atoms with Gasteiger partial charge in [0.2, 0.25) is 0 Å². The van der Waals surface area contributed by atoms with Crippen LogP contribution in [0.25, 0.3) is 0 Å². The molecular weight excluding hydrogens is 254 g/mol. The number of allylic oxidation sites excluding steroid dienone is 4. The van der Waals surface area contributed by atoms with Crippen LogP contribution in [-0.4, -0.2) is 6.04 Å². The van der Waals surface area contributed by atoms with Crippen molar-refractivity contribution in [2.45, 2.75) is 40.3 Å². The van der Waals surface area contributed by atoms with Crippen molar-refractivity contribution in [3.05, 3.63) is 83.5 Å². The van der Waals surface area contributed by atoms with Gasteiger partial charge in [0.05, 0.1) is 0 Å². The highest BCUT2D eigenvalue weighted by atomic mass is 14.9. The van der Waals surface area contributed by atoms with E-state index < -0.39 is 0 Å². The van der Waals surface area contributed by atoms with Gasteiger partial charge in [0.25, 0.3) is 0 Å². The summed E-state index contributed by atoms with van der Waals surface area (Å²) < 4.78 is 0. The van der Waals surface area contributed by atoms with Gasteiger partial charge in [0, 0.05) is 12.6 Å². The Morgan fingerprint density at radius 1 is 1.14 bits per heavy atom. The molecule has 0 aliphatic rings. The second kappa shape index (κ2) is 8.43. The molecule has 0 fully saturated rings. The van der Waals surface area contributed by atoms with Gasteiger partial charge >= 0.3 is 0 Å². The monoisotopic (exact) mass is 281 g/mol. The van der Waals surface area contributed by atoms with E-state index >= 15 is 0 Å². The van der Waals surface area contributed by atoms with Crippen LogP contribution in [0.4, 0.5) is 0 Å². The molecule has 0 saturated carbocycles. The normalized spacial score (nSPS) is 12.7. The summed E-state index contributed by atoms with van der Waals surface area (Å²) in [5.41, 5.74) is 6.18. The van der Waals surface area contributed by atoms with Crippen molar-refractivity contribution < 1.29 is 0 Å². The first-order valence-electron chi connectivity index (χ1n) is 7.40. The van der Waals surface area contributed by atoms with Crippen molar-refractivity contribution in [2.24, 2.45) is 0 Å². The van der Waals surface area contributed by atoms with Gasteiger partial charge in [-0.05, 0) is 44.4 Å². The van der Waals surface area contributed by atoms with E-state index in [9.17, 15) is 0 Å². The predicted octanol–water partition coefficient (Wildman–Crippen LogP) is 5.11. The van der Waals surface area contributed by atoms with E-state index in [0.717, 1.165) is 12.1 Å². The Morgan fingerprint density at radius 2 is 1.76 bits per heavy atom. The highest BCUT2D eigenvalue weighted by Gasteiger charge is 2.06. The average Bonchev–Trinajstić information content (AvgIpc) is 2.47. The lowest BCUT2D eigenvalue weighted by Gasteiger charge is -2.16. The Hall–Kier alpha value is -1.86. The zero-order valence-corrected chi connectivity index (χ0v) is 13.7. The van der Waals surface area contributed by atoms with Gasteiger partial charge in [0.1, 0.15) is 0 Å². The van der Waals surface area contributed by atoms with Crippen LogP contribution in [0.2, 0.25) is 0 Å². The minimum atomic E-state index is 0.248. The number of aryl methyl sites for hydroxylation is 1. The van der Waals surface area contributed by atoms with Gasteiger partial charge in [0.15, 0.2) is 0 Å². The van der Waals surface area contributed by atoms with Crippen molar-refractivity contribution in [1.29, 1.82) is 0 Å². The fraction of sp³-hybridized carbons (Fsp3) is 0.300. The Bertz CT molecular complexity index is 540. The third-order valence-electron chi connectivity index (χ3n) is 3.59. The molecule has 0 amide bonds. The lowest BCUT2D eigenvalue weighted by atomic mass is 10.0. The summed E-state index contributed by atoms with van der Waals surface area (Å²) in [6.07, 6.45) is 5.97. The fourth-order valence-electron chi connectivity index (χ4n) is 2.04. The molecule has 0 aliphatic heterocycles. The highest BCUT2D eigenvalue weighted by molar-refractivity contribution is 5.40. The molecule has 0 saturated heterocycles. The van der Waals surface area contributed by atoms with Crippen LogP contribution >= 0.6 is 0 Å². The molecule has 1 atom stereocenters. The molecule has 21 heavy (non-hydrogen) atoms. The molecule has 1 heteroatoms. The molecule has 0 aliphatic carbocycles. The molecule has 0 aromatic heterocycles. The van der Waals surface area contributed by atoms with Gasteiger partial charge < -0.3 is 5.32 Å². The summed E-state index contributed by atoms with van der Waals surface area (Å²) in [5, 5.41) is 3.54. The van der Waals surface area contributed by atoms with Crippen molar-refractivity contribution in [3.8, 4) is 0 Å². The maximum absolute atomic E-state index is 3.93. The van der Waals surface area contributed by atoms with E-state index in [1.54, 1.807) is 0 Å². The molecule has 1 rings (SSSR count). The van der Waals surface area contributed by atoms with Gasteiger partial charge in [-0.1, -0.05) is 66.8 Å². The number of hydrogen-bond donors (Lipinski definition) is 1. The molecule has 1 aromatic rings. The molecule has 1 aromatic carbocycles. The van der Waals surface area contributed by atoms with E-state index in [-0.39, 0.29) is 6.04 Å². The standard InChI is InChI=1S/C20H27N/c1-7-19(15(3)4)13-20(8-2)17(6)21-14-18-11-9-16(5)10-12-18/h7-13,17,21H,1-2,14H2,3-6H3/b20-13+. The van der Waals surface area contributed by atoms with E-state index in [1.807, 2.05) is 12.2 Å². The minimum absolute atomic E-state index is 0.248. The van der Waals surface area contributed by atoms with Gasteiger partial charge in [-0.2, -0.15) is 0 Å². The van der Waals surface area contributed by atoms with Gasteiger partial charge in [-0.25, -0.2) is 0 Å². The van der Waals surface area contributed by atoms with E-state index in [2.05, 4.69) is 76.5 Å². The van der Waals surface area contributed by atoms with Crippen LogP contribution in [-0.2, 0) is 6.54 Å². The Kier molecular flexibility index (Phi) is 6.90. The fourth-order valence-corrected chi connectivity index (χ4v) is 2.04. The van der Waals surface area contributed by atoms with Gasteiger partial charge in [-0.3, -0.25) is 0 Å².